The first-order valence-electron chi connectivity index (χ1n) is 5.74. The fourth-order valence-corrected chi connectivity index (χ4v) is 2.34. The third-order valence-electron chi connectivity index (χ3n) is 2.68. The third-order valence-corrected chi connectivity index (χ3v) is 4.22. The molecule has 1 aromatic carbocycles. The fraction of sp³-hybridized carbons (Fsp3) is 0.538. The van der Waals surface area contributed by atoms with E-state index in [1.54, 1.807) is 7.05 Å². The summed E-state index contributed by atoms with van der Waals surface area (Å²) in [6.45, 7) is 6.54. The lowest BCUT2D eigenvalue weighted by atomic mass is 10.2. The Labute approximate surface area is 106 Å². The Morgan fingerprint density at radius 2 is 1.71 bits per heavy atom. The van der Waals surface area contributed by atoms with Crippen molar-refractivity contribution in [1.29, 1.82) is 0 Å². The zero-order valence-corrected chi connectivity index (χ0v) is 11.5. The lowest BCUT2D eigenvalue weighted by molar-refractivity contribution is 0.533. The van der Waals surface area contributed by atoms with Crippen molar-refractivity contribution in [2.75, 3.05) is 7.05 Å². The van der Waals surface area contributed by atoms with Crippen LogP contribution < -0.4 is 5.32 Å². The molecule has 0 saturated heterocycles. The third kappa shape index (κ3) is 3.96. The van der Waals surface area contributed by atoms with Crippen molar-refractivity contribution in [1.82, 2.24) is 5.32 Å². The van der Waals surface area contributed by atoms with Crippen molar-refractivity contribution in [2.45, 2.75) is 37.5 Å². The van der Waals surface area contributed by atoms with E-state index in [2.05, 4.69) is 5.32 Å². The van der Waals surface area contributed by atoms with Crippen LogP contribution in [0.5, 0.6) is 0 Å². The highest BCUT2D eigenvalue weighted by molar-refractivity contribution is 8.00. The lowest BCUT2D eigenvalue weighted by Crippen LogP contribution is -2.09. The van der Waals surface area contributed by atoms with Crippen LogP contribution in [0.4, 0.5) is 8.78 Å². The van der Waals surface area contributed by atoms with Gasteiger partial charge >= 0.3 is 0 Å². The van der Waals surface area contributed by atoms with E-state index in [1.165, 1.54) is 23.9 Å². The molecule has 0 heterocycles. The van der Waals surface area contributed by atoms with Crippen LogP contribution >= 0.6 is 11.8 Å². The highest BCUT2D eigenvalue weighted by Crippen LogP contribution is 2.32. The highest BCUT2D eigenvalue weighted by Gasteiger charge is 2.16. The largest absolute Gasteiger partial charge is 0.316 e. The normalized spacial score (nSPS) is 13.1. The summed E-state index contributed by atoms with van der Waals surface area (Å²) in [6, 6.07) is 2.80. The van der Waals surface area contributed by atoms with E-state index in [1.807, 2.05) is 20.8 Å². The van der Waals surface area contributed by atoms with Gasteiger partial charge in [-0.1, -0.05) is 20.8 Å². The standard InChI is InChI=1S/C13H19F2NS/c1-8(2)9(3)17-13-11(14)5-10(7-16-4)6-12(13)15/h5-6,8-9,16H,7H2,1-4H3. The summed E-state index contributed by atoms with van der Waals surface area (Å²) in [6.07, 6.45) is 0. The van der Waals surface area contributed by atoms with Crippen LogP contribution in [0, 0.1) is 17.6 Å². The van der Waals surface area contributed by atoms with Crippen molar-refractivity contribution in [3.63, 3.8) is 0 Å². The zero-order chi connectivity index (χ0) is 13.0. The van der Waals surface area contributed by atoms with Crippen molar-refractivity contribution in [2.24, 2.45) is 5.92 Å². The molecule has 0 aliphatic rings. The minimum Gasteiger partial charge on any atom is -0.316 e. The molecule has 4 heteroatoms. The Morgan fingerprint density at radius 1 is 1.18 bits per heavy atom. The molecule has 0 saturated carbocycles. The molecule has 1 rings (SSSR count). The summed E-state index contributed by atoms with van der Waals surface area (Å²) in [5, 5.41) is 3.07. The van der Waals surface area contributed by atoms with Gasteiger partial charge in [0.05, 0.1) is 4.90 Å². The Bertz CT molecular complexity index is 357. The number of hydrogen-bond donors (Lipinski definition) is 1. The van der Waals surface area contributed by atoms with E-state index in [0.29, 0.717) is 18.0 Å². The molecular formula is C13H19F2NS. The van der Waals surface area contributed by atoms with Crippen LogP contribution in [0.1, 0.15) is 26.3 Å². The van der Waals surface area contributed by atoms with Gasteiger partial charge in [0.2, 0.25) is 0 Å². The molecule has 0 fully saturated rings. The Balaban J connectivity index is 2.93. The van der Waals surface area contributed by atoms with Crippen LogP contribution in [0.3, 0.4) is 0 Å². The van der Waals surface area contributed by atoms with E-state index in [0.717, 1.165) is 0 Å². The number of thioether (sulfide) groups is 1. The van der Waals surface area contributed by atoms with Crippen molar-refractivity contribution in [3.8, 4) is 0 Å². The van der Waals surface area contributed by atoms with Gasteiger partial charge in [0, 0.05) is 11.8 Å². The van der Waals surface area contributed by atoms with Crippen molar-refractivity contribution in [3.05, 3.63) is 29.3 Å². The molecule has 0 aliphatic heterocycles. The number of halogens is 2. The molecule has 1 unspecified atom stereocenters. The maximum absolute atomic E-state index is 13.8. The number of hydrogen-bond acceptors (Lipinski definition) is 2. The molecule has 0 aromatic heterocycles. The topological polar surface area (TPSA) is 12.0 Å². The van der Waals surface area contributed by atoms with E-state index < -0.39 is 11.6 Å². The summed E-state index contributed by atoms with van der Waals surface area (Å²) in [7, 11) is 1.75. The molecule has 0 bridgehead atoms. The first kappa shape index (κ1) is 14.5. The molecule has 1 N–H and O–H groups in total. The second kappa shape index (κ2) is 6.36. The average Bonchev–Trinajstić information content (AvgIpc) is 2.23. The smallest absolute Gasteiger partial charge is 0.140 e. The number of nitrogens with one attached hydrogen (secondary N) is 1. The summed E-state index contributed by atoms with van der Waals surface area (Å²) in [4.78, 5) is 0.131. The van der Waals surface area contributed by atoms with Gasteiger partial charge < -0.3 is 5.32 Å². The van der Waals surface area contributed by atoms with Gasteiger partial charge in [0.1, 0.15) is 11.6 Å². The minimum absolute atomic E-state index is 0.131. The summed E-state index contributed by atoms with van der Waals surface area (Å²) in [5.41, 5.74) is 0.629. The molecule has 17 heavy (non-hydrogen) atoms. The van der Waals surface area contributed by atoms with Crippen LogP contribution in [-0.2, 0) is 6.54 Å². The van der Waals surface area contributed by atoms with Gasteiger partial charge in [-0.2, -0.15) is 0 Å². The van der Waals surface area contributed by atoms with Gasteiger partial charge in [-0.05, 0) is 30.7 Å². The van der Waals surface area contributed by atoms with Crippen LogP contribution in [0.15, 0.2) is 17.0 Å². The van der Waals surface area contributed by atoms with E-state index in [9.17, 15) is 8.78 Å². The fourth-order valence-electron chi connectivity index (χ4n) is 1.35. The van der Waals surface area contributed by atoms with Gasteiger partial charge in [-0.25, -0.2) is 8.78 Å². The predicted octanol–water partition coefficient (Wildman–Crippen LogP) is 3.82. The molecule has 0 radical (unpaired) electrons. The number of rotatable bonds is 5. The molecule has 0 aliphatic carbocycles. The average molecular weight is 259 g/mol. The second-order valence-corrected chi connectivity index (χ2v) is 5.87. The van der Waals surface area contributed by atoms with Crippen LogP contribution in [0.25, 0.3) is 0 Å². The van der Waals surface area contributed by atoms with E-state index in [-0.39, 0.29) is 10.1 Å². The van der Waals surface area contributed by atoms with Crippen LogP contribution in [0.2, 0.25) is 0 Å². The summed E-state index contributed by atoms with van der Waals surface area (Å²) in [5.74, 6) is -0.545. The van der Waals surface area contributed by atoms with E-state index in [4.69, 9.17) is 0 Å². The van der Waals surface area contributed by atoms with Crippen LogP contribution in [-0.4, -0.2) is 12.3 Å². The Kier molecular flexibility index (Phi) is 5.40. The molecule has 1 nitrogen and oxygen atoms in total. The molecular weight excluding hydrogens is 240 g/mol. The van der Waals surface area contributed by atoms with Gasteiger partial charge in [0.15, 0.2) is 0 Å². The monoisotopic (exact) mass is 259 g/mol. The first-order valence-corrected chi connectivity index (χ1v) is 6.62. The highest BCUT2D eigenvalue weighted by atomic mass is 32.2. The molecule has 1 atom stereocenters. The summed E-state index contributed by atoms with van der Waals surface area (Å²) < 4.78 is 27.5. The van der Waals surface area contributed by atoms with Gasteiger partial charge in [-0.3, -0.25) is 0 Å². The first-order chi connectivity index (χ1) is 7.95. The quantitative estimate of drug-likeness (QED) is 0.807. The van der Waals surface area contributed by atoms with Crippen molar-refractivity contribution < 1.29 is 8.78 Å². The van der Waals surface area contributed by atoms with Crippen molar-refractivity contribution >= 4 is 11.8 Å². The second-order valence-electron chi connectivity index (χ2n) is 4.49. The Morgan fingerprint density at radius 3 is 2.12 bits per heavy atom. The van der Waals surface area contributed by atoms with Gasteiger partial charge in [0.25, 0.3) is 0 Å². The maximum Gasteiger partial charge on any atom is 0.140 e. The van der Waals surface area contributed by atoms with E-state index >= 15 is 0 Å². The van der Waals surface area contributed by atoms with Gasteiger partial charge in [-0.15, -0.1) is 11.8 Å². The Hall–Kier alpha value is -0.610. The minimum atomic E-state index is -0.465. The molecule has 96 valence electrons. The molecule has 0 spiro atoms. The SMILES string of the molecule is CNCc1cc(F)c(SC(C)C(C)C)c(F)c1. The summed E-state index contributed by atoms with van der Waals surface area (Å²) >= 11 is 1.26. The molecule has 1 aromatic rings. The lowest BCUT2D eigenvalue weighted by Gasteiger charge is -2.16. The number of benzene rings is 1. The molecule has 0 amide bonds. The zero-order valence-electron chi connectivity index (χ0n) is 10.7. The predicted molar refractivity (Wildman–Crippen MR) is 69.3 cm³/mol. The maximum atomic E-state index is 13.8.